The zero-order chi connectivity index (χ0) is 9.80. The van der Waals surface area contributed by atoms with Crippen molar-refractivity contribution >= 4 is 5.82 Å². The second kappa shape index (κ2) is 3.91. The molecule has 0 aromatic carbocycles. The first-order valence-corrected chi connectivity index (χ1v) is 4.48. The molecule has 14 heavy (non-hydrogen) atoms. The molecule has 4 nitrogen and oxygen atoms in total. The number of hydrogen-bond donors (Lipinski definition) is 1. The lowest BCUT2D eigenvalue weighted by molar-refractivity contribution is 0.768. The second-order valence-electron chi connectivity index (χ2n) is 3.05. The number of anilines is 1. The lowest BCUT2D eigenvalue weighted by Crippen LogP contribution is -2.02. The van der Waals surface area contributed by atoms with Gasteiger partial charge in [0, 0.05) is 25.5 Å². The summed E-state index contributed by atoms with van der Waals surface area (Å²) >= 11 is 0. The molecule has 0 unspecified atom stereocenters. The van der Waals surface area contributed by atoms with Crippen LogP contribution in [0.3, 0.4) is 0 Å². The summed E-state index contributed by atoms with van der Waals surface area (Å²) in [7, 11) is 1.89. The SMILES string of the molecule is Cn1ccc(NCc2ccccn2)n1. The molecule has 1 N–H and O–H groups in total. The summed E-state index contributed by atoms with van der Waals surface area (Å²) in [5, 5.41) is 7.39. The van der Waals surface area contributed by atoms with E-state index in [0.717, 1.165) is 11.5 Å². The lowest BCUT2D eigenvalue weighted by atomic mass is 10.3. The first-order valence-electron chi connectivity index (χ1n) is 4.48. The van der Waals surface area contributed by atoms with Crippen molar-refractivity contribution in [1.29, 1.82) is 0 Å². The predicted octanol–water partition coefficient (Wildman–Crippen LogP) is 1.43. The van der Waals surface area contributed by atoms with E-state index < -0.39 is 0 Å². The third-order valence-corrected chi connectivity index (χ3v) is 1.89. The molecule has 0 spiro atoms. The monoisotopic (exact) mass is 188 g/mol. The van der Waals surface area contributed by atoms with Gasteiger partial charge in [0.15, 0.2) is 0 Å². The Kier molecular flexibility index (Phi) is 2.44. The minimum absolute atomic E-state index is 0.706. The van der Waals surface area contributed by atoms with Gasteiger partial charge in [0.05, 0.1) is 12.2 Å². The normalized spacial score (nSPS) is 10.1. The standard InChI is InChI=1S/C10H12N4/c1-14-7-5-10(13-14)12-8-9-4-2-3-6-11-9/h2-7H,8H2,1H3,(H,12,13). The maximum absolute atomic E-state index is 4.20. The fraction of sp³-hybridized carbons (Fsp3) is 0.200. The van der Waals surface area contributed by atoms with Crippen molar-refractivity contribution in [2.24, 2.45) is 7.05 Å². The van der Waals surface area contributed by atoms with Crippen LogP contribution in [0, 0.1) is 0 Å². The number of pyridine rings is 1. The molecular weight excluding hydrogens is 176 g/mol. The van der Waals surface area contributed by atoms with Gasteiger partial charge in [0.1, 0.15) is 5.82 Å². The van der Waals surface area contributed by atoms with Gasteiger partial charge in [-0.25, -0.2) is 0 Å². The number of nitrogens with one attached hydrogen (secondary N) is 1. The van der Waals surface area contributed by atoms with Gasteiger partial charge in [0.25, 0.3) is 0 Å². The number of rotatable bonds is 3. The summed E-state index contributed by atoms with van der Waals surface area (Å²) in [6.07, 6.45) is 3.69. The zero-order valence-electron chi connectivity index (χ0n) is 8.01. The van der Waals surface area contributed by atoms with Gasteiger partial charge in [-0.05, 0) is 12.1 Å². The first kappa shape index (κ1) is 8.74. The molecule has 2 aromatic rings. The van der Waals surface area contributed by atoms with Crippen molar-refractivity contribution in [3.8, 4) is 0 Å². The molecular formula is C10H12N4. The Balaban J connectivity index is 1.95. The third-order valence-electron chi connectivity index (χ3n) is 1.89. The van der Waals surface area contributed by atoms with Crippen LogP contribution in [0.4, 0.5) is 5.82 Å². The van der Waals surface area contributed by atoms with E-state index in [2.05, 4.69) is 15.4 Å². The molecule has 0 aliphatic rings. The van der Waals surface area contributed by atoms with Gasteiger partial charge in [0.2, 0.25) is 0 Å². The molecule has 0 atom stereocenters. The average molecular weight is 188 g/mol. The maximum Gasteiger partial charge on any atom is 0.148 e. The Morgan fingerprint density at radius 1 is 1.36 bits per heavy atom. The maximum atomic E-state index is 4.20. The van der Waals surface area contributed by atoms with Crippen molar-refractivity contribution in [2.45, 2.75) is 6.54 Å². The van der Waals surface area contributed by atoms with Crippen LogP contribution in [0.1, 0.15) is 5.69 Å². The van der Waals surface area contributed by atoms with Crippen molar-refractivity contribution in [3.05, 3.63) is 42.4 Å². The smallest absolute Gasteiger partial charge is 0.148 e. The number of aryl methyl sites for hydroxylation is 1. The van der Waals surface area contributed by atoms with Gasteiger partial charge in [-0.2, -0.15) is 5.10 Å². The van der Waals surface area contributed by atoms with Gasteiger partial charge in [-0.3, -0.25) is 9.67 Å². The predicted molar refractivity (Wildman–Crippen MR) is 54.8 cm³/mol. The van der Waals surface area contributed by atoms with Crippen LogP contribution >= 0.6 is 0 Å². The third kappa shape index (κ3) is 2.10. The van der Waals surface area contributed by atoms with E-state index in [0.29, 0.717) is 6.54 Å². The lowest BCUT2D eigenvalue weighted by Gasteiger charge is -2.01. The van der Waals surface area contributed by atoms with Crippen LogP contribution in [-0.4, -0.2) is 14.8 Å². The Morgan fingerprint density at radius 3 is 2.93 bits per heavy atom. The molecule has 2 aromatic heterocycles. The van der Waals surface area contributed by atoms with Crippen LogP contribution in [0.2, 0.25) is 0 Å². The molecule has 2 heterocycles. The fourth-order valence-corrected chi connectivity index (χ4v) is 1.19. The Bertz CT molecular complexity index is 394. The Morgan fingerprint density at radius 2 is 2.29 bits per heavy atom. The van der Waals surface area contributed by atoms with E-state index in [-0.39, 0.29) is 0 Å². The Hall–Kier alpha value is -1.84. The molecule has 0 aliphatic heterocycles. The summed E-state index contributed by atoms with van der Waals surface area (Å²) < 4.78 is 1.76. The molecule has 0 bridgehead atoms. The largest absolute Gasteiger partial charge is 0.363 e. The highest BCUT2D eigenvalue weighted by Crippen LogP contribution is 2.03. The molecule has 0 aliphatic carbocycles. The molecule has 2 rings (SSSR count). The average Bonchev–Trinajstić information content (AvgIpc) is 2.63. The fourth-order valence-electron chi connectivity index (χ4n) is 1.19. The quantitative estimate of drug-likeness (QED) is 0.792. The minimum Gasteiger partial charge on any atom is -0.363 e. The Labute approximate surface area is 82.6 Å². The molecule has 4 heteroatoms. The van der Waals surface area contributed by atoms with E-state index in [4.69, 9.17) is 0 Å². The van der Waals surface area contributed by atoms with Crippen LogP contribution in [0.25, 0.3) is 0 Å². The van der Waals surface area contributed by atoms with E-state index in [1.807, 2.05) is 37.5 Å². The van der Waals surface area contributed by atoms with Crippen LogP contribution in [0.15, 0.2) is 36.7 Å². The summed E-state index contributed by atoms with van der Waals surface area (Å²) in [6.45, 7) is 0.706. The van der Waals surface area contributed by atoms with E-state index in [9.17, 15) is 0 Å². The zero-order valence-corrected chi connectivity index (χ0v) is 8.01. The number of aromatic nitrogens is 3. The summed E-state index contributed by atoms with van der Waals surface area (Å²) in [5.74, 6) is 0.873. The van der Waals surface area contributed by atoms with E-state index >= 15 is 0 Å². The van der Waals surface area contributed by atoms with Crippen LogP contribution in [0.5, 0.6) is 0 Å². The second-order valence-corrected chi connectivity index (χ2v) is 3.05. The molecule has 0 saturated heterocycles. The van der Waals surface area contributed by atoms with Gasteiger partial charge < -0.3 is 5.32 Å². The number of nitrogens with zero attached hydrogens (tertiary/aromatic N) is 3. The summed E-state index contributed by atoms with van der Waals surface area (Å²) in [4.78, 5) is 4.20. The van der Waals surface area contributed by atoms with E-state index in [1.54, 1.807) is 10.9 Å². The van der Waals surface area contributed by atoms with Crippen molar-refractivity contribution < 1.29 is 0 Å². The highest BCUT2D eigenvalue weighted by Gasteiger charge is 1.96. The summed E-state index contributed by atoms with van der Waals surface area (Å²) in [5.41, 5.74) is 1.01. The van der Waals surface area contributed by atoms with Gasteiger partial charge in [-0.1, -0.05) is 6.07 Å². The summed E-state index contributed by atoms with van der Waals surface area (Å²) in [6, 6.07) is 7.80. The molecule has 0 fully saturated rings. The topological polar surface area (TPSA) is 42.7 Å². The van der Waals surface area contributed by atoms with Crippen LogP contribution < -0.4 is 5.32 Å². The molecule has 0 amide bonds. The highest BCUT2D eigenvalue weighted by molar-refractivity contribution is 5.32. The van der Waals surface area contributed by atoms with Crippen molar-refractivity contribution in [1.82, 2.24) is 14.8 Å². The number of hydrogen-bond acceptors (Lipinski definition) is 3. The van der Waals surface area contributed by atoms with Gasteiger partial charge >= 0.3 is 0 Å². The van der Waals surface area contributed by atoms with Gasteiger partial charge in [-0.15, -0.1) is 0 Å². The minimum atomic E-state index is 0.706. The van der Waals surface area contributed by atoms with Crippen molar-refractivity contribution in [2.75, 3.05) is 5.32 Å². The highest BCUT2D eigenvalue weighted by atomic mass is 15.3. The van der Waals surface area contributed by atoms with Crippen molar-refractivity contribution in [3.63, 3.8) is 0 Å². The molecule has 0 saturated carbocycles. The first-order chi connectivity index (χ1) is 6.84. The molecule has 0 radical (unpaired) electrons. The van der Waals surface area contributed by atoms with E-state index in [1.165, 1.54) is 0 Å². The van der Waals surface area contributed by atoms with Crippen LogP contribution in [-0.2, 0) is 13.6 Å². The molecule has 72 valence electrons.